The molecule has 0 N–H and O–H groups in total. The molecule has 0 bridgehead atoms. The molecule has 1 fully saturated rings. The Hall–Kier alpha value is -2.04. The van der Waals surface area contributed by atoms with E-state index in [4.69, 9.17) is 4.74 Å². The van der Waals surface area contributed by atoms with Crippen molar-refractivity contribution in [2.24, 2.45) is 0 Å². The van der Waals surface area contributed by atoms with E-state index in [0.29, 0.717) is 24.1 Å². The average Bonchev–Trinajstić information content (AvgIpc) is 2.60. The molecule has 1 aromatic rings. The highest BCUT2D eigenvalue weighted by Crippen LogP contribution is 2.29. The largest absolute Gasteiger partial charge is 0.492 e. The Morgan fingerprint density at radius 2 is 2.00 bits per heavy atom. The maximum atomic E-state index is 12.8. The highest BCUT2D eigenvalue weighted by molar-refractivity contribution is 5.98. The third-order valence-corrected chi connectivity index (χ3v) is 4.55. The van der Waals surface area contributed by atoms with Crippen molar-refractivity contribution in [1.29, 1.82) is 0 Å². The summed E-state index contributed by atoms with van der Waals surface area (Å²) in [6, 6.07) is 7.67. The van der Waals surface area contributed by atoms with Gasteiger partial charge in [0, 0.05) is 19.5 Å². The van der Waals surface area contributed by atoms with Crippen LogP contribution in [-0.4, -0.2) is 42.5 Å². The lowest BCUT2D eigenvalue weighted by molar-refractivity contribution is -0.134. The van der Waals surface area contributed by atoms with Crippen molar-refractivity contribution >= 4 is 17.5 Å². The number of hydrogen-bond donors (Lipinski definition) is 0. The van der Waals surface area contributed by atoms with Gasteiger partial charge in [0.1, 0.15) is 12.3 Å². The Labute approximate surface area is 144 Å². The molecule has 1 heterocycles. The number of hydrogen-bond acceptors (Lipinski definition) is 3. The summed E-state index contributed by atoms with van der Waals surface area (Å²) in [6.07, 6.45) is 4.23. The first kappa shape index (κ1) is 18.3. The fraction of sp³-hybridized carbons (Fsp3) is 0.579. The Kier molecular flexibility index (Phi) is 6.64. The molecule has 2 amide bonds. The third-order valence-electron chi connectivity index (χ3n) is 4.55. The molecule has 1 aliphatic rings. The van der Waals surface area contributed by atoms with Crippen molar-refractivity contribution in [2.45, 2.75) is 52.5 Å². The van der Waals surface area contributed by atoms with Gasteiger partial charge in [-0.3, -0.25) is 14.5 Å². The van der Waals surface area contributed by atoms with E-state index in [1.807, 2.05) is 36.1 Å². The number of ether oxygens (including phenoxy) is 1. The molecule has 132 valence electrons. The molecule has 2 rings (SSSR count). The topological polar surface area (TPSA) is 49.9 Å². The summed E-state index contributed by atoms with van der Waals surface area (Å²) >= 11 is 0. The summed E-state index contributed by atoms with van der Waals surface area (Å²) in [4.78, 5) is 28.5. The minimum Gasteiger partial charge on any atom is -0.492 e. The van der Waals surface area contributed by atoms with Crippen LogP contribution in [0.25, 0.3) is 0 Å². The van der Waals surface area contributed by atoms with E-state index in [1.54, 1.807) is 0 Å². The van der Waals surface area contributed by atoms with Gasteiger partial charge in [0.2, 0.25) is 11.8 Å². The molecule has 1 unspecified atom stereocenters. The number of anilines is 1. The number of nitrogens with zero attached hydrogens (tertiary/aromatic N) is 2. The van der Waals surface area contributed by atoms with Crippen molar-refractivity contribution in [3.8, 4) is 5.75 Å². The van der Waals surface area contributed by atoms with E-state index < -0.39 is 0 Å². The monoisotopic (exact) mass is 332 g/mol. The number of benzene rings is 1. The van der Waals surface area contributed by atoms with Crippen LogP contribution in [0.4, 0.5) is 5.69 Å². The highest BCUT2D eigenvalue weighted by atomic mass is 16.5. The van der Waals surface area contributed by atoms with Crippen LogP contribution in [0.2, 0.25) is 0 Å². The second kappa shape index (κ2) is 8.71. The summed E-state index contributed by atoms with van der Waals surface area (Å²) in [6.45, 7) is 6.87. The zero-order chi connectivity index (χ0) is 17.5. The fourth-order valence-electron chi connectivity index (χ4n) is 3.30. The second-order valence-electron chi connectivity index (χ2n) is 6.15. The van der Waals surface area contributed by atoms with Crippen LogP contribution in [0.1, 0.15) is 46.5 Å². The molecule has 0 spiro atoms. The zero-order valence-electron chi connectivity index (χ0n) is 15.0. The molecule has 5 nitrogen and oxygen atoms in total. The number of piperidine rings is 1. The molecule has 0 saturated carbocycles. The highest BCUT2D eigenvalue weighted by Gasteiger charge is 2.28. The molecule has 0 aliphatic carbocycles. The molecule has 0 aromatic heterocycles. The molecule has 1 aromatic carbocycles. The van der Waals surface area contributed by atoms with Crippen molar-refractivity contribution in [3.63, 3.8) is 0 Å². The number of carbonyl (C=O) groups excluding carboxylic acids is 2. The molecular formula is C19H28N2O3. The van der Waals surface area contributed by atoms with Crippen LogP contribution in [0.3, 0.4) is 0 Å². The predicted octanol–water partition coefficient (Wildman–Crippen LogP) is 3.23. The minimum atomic E-state index is -0.152. The second-order valence-corrected chi connectivity index (χ2v) is 6.15. The van der Waals surface area contributed by atoms with Gasteiger partial charge in [-0.15, -0.1) is 0 Å². The van der Waals surface area contributed by atoms with Crippen LogP contribution in [-0.2, 0) is 9.59 Å². The van der Waals surface area contributed by atoms with Crippen molar-refractivity contribution < 1.29 is 14.3 Å². The quantitative estimate of drug-likeness (QED) is 0.803. The molecule has 0 radical (unpaired) electrons. The standard InChI is InChI=1S/C19H28N2O3/c1-4-16-10-8-9-13-20(16)19(23)14-21(15(3)22)17-11-6-7-12-18(17)24-5-2/h6-7,11-12,16H,4-5,8-10,13-14H2,1-3H3. The first-order valence-corrected chi connectivity index (χ1v) is 8.87. The summed E-state index contributed by atoms with van der Waals surface area (Å²) in [5.41, 5.74) is 0.658. The minimum absolute atomic E-state index is 0.0167. The summed E-state index contributed by atoms with van der Waals surface area (Å²) in [5.74, 6) is 0.497. The average molecular weight is 332 g/mol. The van der Waals surface area contributed by atoms with E-state index >= 15 is 0 Å². The lowest BCUT2D eigenvalue weighted by Crippen LogP contribution is -2.48. The van der Waals surface area contributed by atoms with E-state index in [9.17, 15) is 9.59 Å². The van der Waals surface area contributed by atoms with E-state index in [2.05, 4.69) is 6.92 Å². The molecule has 5 heteroatoms. The number of carbonyl (C=O) groups is 2. The SMILES string of the molecule is CCOc1ccccc1N(CC(=O)N1CCCCC1CC)C(C)=O. The molecular weight excluding hydrogens is 304 g/mol. The van der Waals surface area contributed by atoms with Crippen LogP contribution >= 0.6 is 0 Å². The van der Waals surface area contributed by atoms with E-state index in [1.165, 1.54) is 18.2 Å². The maximum Gasteiger partial charge on any atom is 0.242 e. The van der Waals surface area contributed by atoms with Gasteiger partial charge in [0.25, 0.3) is 0 Å². The predicted molar refractivity (Wildman–Crippen MR) is 95.3 cm³/mol. The van der Waals surface area contributed by atoms with Crippen LogP contribution in [0.5, 0.6) is 5.75 Å². The van der Waals surface area contributed by atoms with E-state index in [0.717, 1.165) is 25.8 Å². The Morgan fingerprint density at radius 3 is 2.67 bits per heavy atom. The number of rotatable bonds is 6. The van der Waals surface area contributed by atoms with Crippen molar-refractivity contribution in [2.75, 3.05) is 24.6 Å². The van der Waals surface area contributed by atoms with Crippen LogP contribution < -0.4 is 9.64 Å². The van der Waals surface area contributed by atoms with Crippen molar-refractivity contribution in [1.82, 2.24) is 4.90 Å². The van der Waals surface area contributed by atoms with Gasteiger partial charge >= 0.3 is 0 Å². The van der Waals surface area contributed by atoms with Gasteiger partial charge in [-0.25, -0.2) is 0 Å². The Bertz CT molecular complexity index is 573. The molecule has 1 atom stereocenters. The van der Waals surface area contributed by atoms with Gasteiger partial charge in [-0.1, -0.05) is 19.1 Å². The zero-order valence-corrected chi connectivity index (χ0v) is 15.0. The maximum absolute atomic E-state index is 12.8. The Morgan fingerprint density at radius 1 is 1.25 bits per heavy atom. The van der Waals surface area contributed by atoms with Gasteiger partial charge in [0.05, 0.1) is 12.3 Å². The smallest absolute Gasteiger partial charge is 0.242 e. The first-order valence-electron chi connectivity index (χ1n) is 8.87. The number of para-hydroxylation sites is 2. The third kappa shape index (κ3) is 4.28. The number of amides is 2. The van der Waals surface area contributed by atoms with Gasteiger partial charge in [-0.05, 0) is 44.7 Å². The van der Waals surface area contributed by atoms with Gasteiger partial charge in [0.15, 0.2) is 0 Å². The number of likely N-dealkylation sites (tertiary alicyclic amines) is 1. The first-order chi connectivity index (χ1) is 11.6. The molecule has 1 saturated heterocycles. The summed E-state index contributed by atoms with van der Waals surface area (Å²) in [5, 5.41) is 0. The normalized spacial score (nSPS) is 17.5. The van der Waals surface area contributed by atoms with Crippen LogP contribution in [0, 0.1) is 0 Å². The lowest BCUT2D eigenvalue weighted by atomic mass is 10.00. The summed E-state index contributed by atoms with van der Waals surface area (Å²) < 4.78 is 5.62. The van der Waals surface area contributed by atoms with Crippen LogP contribution in [0.15, 0.2) is 24.3 Å². The van der Waals surface area contributed by atoms with Crippen molar-refractivity contribution in [3.05, 3.63) is 24.3 Å². The Balaban J connectivity index is 2.19. The fourth-order valence-corrected chi connectivity index (χ4v) is 3.30. The summed E-state index contributed by atoms with van der Waals surface area (Å²) in [7, 11) is 0. The lowest BCUT2D eigenvalue weighted by Gasteiger charge is -2.36. The van der Waals surface area contributed by atoms with Gasteiger partial charge < -0.3 is 9.64 Å². The molecule has 24 heavy (non-hydrogen) atoms. The van der Waals surface area contributed by atoms with Gasteiger partial charge in [-0.2, -0.15) is 0 Å². The molecule has 1 aliphatic heterocycles. The van der Waals surface area contributed by atoms with E-state index in [-0.39, 0.29) is 18.4 Å².